The second-order valence-electron chi connectivity index (χ2n) is 6.76. The molecule has 4 rings (SSSR count). The number of allylic oxidation sites excluding steroid dienone is 1. The van der Waals surface area contributed by atoms with Crippen LogP contribution >= 0.6 is 0 Å². The van der Waals surface area contributed by atoms with Gasteiger partial charge < -0.3 is 5.11 Å². The van der Waals surface area contributed by atoms with Crippen LogP contribution in [-0.2, 0) is 4.79 Å². The van der Waals surface area contributed by atoms with Crippen molar-refractivity contribution in [3.05, 3.63) is 11.6 Å². The summed E-state index contributed by atoms with van der Waals surface area (Å²) in [5.74, 6) is 3.43. The fraction of sp³-hybridized carbons (Fsp3) is 0.812. The highest BCUT2D eigenvalue weighted by Gasteiger charge is 2.47. The first-order chi connectivity index (χ1) is 8.67. The van der Waals surface area contributed by atoms with Gasteiger partial charge in [0.25, 0.3) is 0 Å². The quantitative estimate of drug-likeness (QED) is 0.767. The van der Waals surface area contributed by atoms with E-state index in [4.69, 9.17) is 0 Å². The van der Waals surface area contributed by atoms with Crippen molar-refractivity contribution in [3.63, 3.8) is 0 Å². The average Bonchev–Trinajstić information content (AvgIpc) is 2.31. The molecule has 2 heteroatoms. The molecule has 2 nitrogen and oxygen atoms in total. The molecule has 0 amide bonds. The van der Waals surface area contributed by atoms with E-state index in [1.807, 2.05) is 0 Å². The van der Waals surface area contributed by atoms with Crippen LogP contribution in [0.1, 0.15) is 51.9 Å². The van der Waals surface area contributed by atoms with E-state index in [0.717, 1.165) is 36.5 Å². The summed E-state index contributed by atoms with van der Waals surface area (Å²) in [5.41, 5.74) is 0.676. The summed E-state index contributed by atoms with van der Waals surface area (Å²) in [6.45, 7) is 2.06. The molecule has 0 aliphatic heterocycles. The fourth-order valence-corrected chi connectivity index (χ4v) is 5.00. The summed E-state index contributed by atoms with van der Waals surface area (Å²) in [5, 5.41) is 9.29. The lowest BCUT2D eigenvalue weighted by Crippen LogP contribution is -2.44. The van der Waals surface area contributed by atoms with Crippen LogP contribution in [-0.4, -0.2) is 11.1 Å². The zero-order valence-corrected chi connectivity index (χ0v) is 11.3. The second kappa shape index (κ2) is 4.71. The first kappa shape index (κ1) is 12.3. The van der Waals surface area contributed by atoms with Gasteiger partial charge in [0.2, 0.25) is 0 Å². The third-order valence-electron chi connectivity index (χ3n) is 5.49. The van der Waals surface area contributed by atoms with Crippen molar-refractivity contribution in [1.29, 1.82) is 0 Å². The fourth-order valence-electron chi connectivity index (χ4n) is 5.00. The van der Waals surface area contributed by atoms with Crippen molar-refractivity contribution < 1.29 is 9.90 Å². The molecular weight excluding hydrogens is 224 g/mol. The zero-order valence-electron chi connectivity index (χ0n) is 11.3. The van der Waals surface area contributed by atoms with E-state index < -0.39 is 5.97 Å². The highest BCUT2D eigenvalue weighted by atomic mass is 16.4. The molecule has 0 radical (unpaired) electrons. The molecule has 0 spiro atoms. The Labute approximate surface area is 109 Å². The maximum atomic E-state index is 11.3. The summed E-state index contributed by atoms with van der Waals surface area (Å²) in [7, 11) is 0. The van der Waals surface area contributed by atoms with Gasteiger partial charge in [-0.2, -0.15) is 0 Å². The van der Waals surface area contributed by atoms with Crippen LogP contribution in [0.4, 0.5) is 0 Å². The van der Waals surface area contributed by atoms with Crippen LogP contribution in [0.3, 0.4) is 0 Å². The minimum absolute atomic E-state index is 0.579. The molecule has 4 bridgehead atoms. The van der Waals surface area contributed by atoms with Crippen molar-refractivity contribution in [2.45, 2.75) is 51.9 Å². The van der Waals surface area contributed by atoms with Crippen LogP contribution < -0.4 is 0 Å². The first-order valence-corrected chi connectivity index (χ1v) is 7.61. The topological polar surface area (TPSA) is 37.3 Å². The Kier molecular flexibility index (Phi) is 3.21. The molecule has 4 aliphatic rings. The third kappa shape index (κ3) is 2.10. The van der Waals surface area contributed by atoms with Crippen LogP contribution in [0, 0.1) is 29.6 Å². The van der Waals surface area contributed by atoms with Gasteiger partial charge >= 0.3 is 5.97 Å². The van der Waals surface area contributed by atoms with Crippen LogP contribution in [0.2, 0.25) is 0 Å². The number of carboxylic acid groups (broad SMARTS) is 1. The van der Waals surface area contributed by atoms with Gasteiger partial charge in [0.15, 0.2) is 0 Å². The van der Waals surface area contributed by atoms with Gasteiger partial charge in [-0.15, -0.1) is 0 Å². The van der Waals surface area contributed by atoms with E-state index >= 15 is 0 Å². The molecule has 0 aromatic rings. The van der Waals surface area contributed by atoms with Gasteiger partial charge in [0, 0.05) is 5.57 Å². The maximum absolute atomic E-state index is 11.3. The largest absolute Gasteiger partial charge is 0.478 e. The summed E-state index contributed by atoms with van der Waals surface area (Å²) in [4.78, 5) is 11.3. The van der Waals surface area contributed by atoms with Gasteiger partial charge in [-0.1, -0.05) is 19.4 Å². The molecule has 0 heterocycles. The number of aliphatic carboxylic acids is 1. The number of carbonyl (C=O) groups is 1. The summed E-state index contributed by atoms with van der Waals surface area (Å²) in [6, 6.07) is 0. The average molecular weight is 248 g/mol. The molecule has 0 unspecified atom stereocenters. The predicted octanol–water partition coefficient (Wildman–Crippen LogP) is 3.87. The van der Waals surface area contributed by atoms with E-state index in [9.17, 15) is 9.90 Å². The van der Waals surface area contributed by atoms with Gasteiger partial charge in [-0.05, 0) is 68.1 Å². The molecule has 4 saturated carbocycles. The molecule has 4 fully saturated rings. The third-order valence-corrected chi connectivity index (χ3v) is 5.49. The van der Waals surface area contributed by atoms with Crippen LogP contribution in [0.15, 0.2) is 11.6 Å². The van der Waals surface area contributed by atoms with Crippen LogP contribution in [0.25, 0.3) is 0 Å². The van der Waals surface area contributed by atoms with Crippen molar-refractivity contribution in [1.82, 2.24) is 0 Å². The minimum Gasteiger partial charge on any atom is -0.478 e. The van der Waals surface area contributed by atoms with Crippen molar-refractivity contribution in [2.75, 3.05) is 0 Å². The lowest BCUT2D eigenvalue weighted by atomic mass is 9.51. The molecule has 0 aromatic heterocycles. The van der Waals surface area contributed by atoms with E-state index in [1.165, 1.54) is 32.1 Å². The van der Waals surface area contributed by atoms with E-state index in [2.05, 4.69) is 13.0 Å². The lowest BCUT2D eigenvalue weighted by Gasteiger charge is -2.53. The molecule has 0 atom stereocenters. The molecule has 18 heavy (non-hydrogen) atoms. The Morgan fingerprint density at radius 3 is 2.11 bits per heavy atom. The summed E-state index contributed by atoms with van der Waals surface area (Å²) < 4.78 is 0. The number of hydrogen-bond donors (Lipinski definition) is 1. The number of rotatable bonds is 4. The van der Waals surface area contributed by atoms with E-state index in [1.54, 1.807) is 0 Å². The highest BCUT2D eigenvalue weighted by molar-refractivity contribution is 5.86. The van der Waals surface area contributed by atoms with Gasteiger partial charge in [0.05, 0.1) is 0 Å². The molecule has 1 N–H and O–H groups in total. The smallest absolute Gasteiger partial charge is 0.331 e. The molecule has 0 saturated heterocycles. The Bertz CT molecular complexity index is 341. The highest BCUT2D eigenvalue weighted by Crippen LogP contribution is 2.57. The Morgan fingerprint density at radius 1 is 1.11 bits per heavy atom. The van der Waals surface area contributed by atoms with E-state index in [0.29, 0.717) is 11.5 Å². The van der Waals surface area contributed by atoms with Gasteiger partial charge in [-0.3, -0.25) is 0 Å². The molecular formula is C16H24O2. The second-order valence-corrected chi connectivity index (χ2v) is 6.76. The van der Waals surface area contributed by atoms with Crippen molar-refractivity contribution >= 4 is 5.97 Å². The monoisotopic (exact) mass is 248 g/mol. The van der Waals surface area contributed by atoms with Gasteiger partial charge in [0.1, 0.15) is 0 Å². The number of carboxylic acids is 1. The summed E-state index contributed by atoms with van der Waals surface area (Å²) in [6.07, 6.45) is 10.8. The zero-order chi connectivity index (χ0) is 12.7. The normalized spacial score (nSPS) is 42.3. The van der Waals surface area contributed by atoms with Crippen LogP contribution in [0.5, 0.6) is 0 Å². The predicted molar refractivity (Wildman–Crippen MR) is 71.2 cm³/mol. The molecule has 0 aromatic carbocycles. The molecule has 4 aliphatic carbocycles. The summed E-state index contributed by atoms with van der Waals surface area (Å²) >= 11 is 0. The molecule has 100 valence electrons. The SMILES string of the molecule is CCCC(=CC1C2CC3CC(C2)CC1C3)C(=O)O. The standard InChI is InChI=1S/C16H24O2/c1-2-3-12(16(17)18)9-15-13-5-10-4-11(7-13)8-14(15)6-10/h9-11,13-15H,2-8H2,1H3,(H,17,18). The Balaban J connectivity index is 1.79. The van der Waals surface area contributed by atoms with Gasteiger partial charge in [-0.25, -0.2) is 4.79 Å². The Morgan fingerprint density at radius 2 is 1.67 bits per heavy atom. The van der Waals surface area contributed by atoms with Crippen molar-refractivity contribution in [3.8, 4) is 0 Å². The van der Waals surface area contributed by atoms with Crippen molar-refractivity contribution in [2.24, 2.45) is 29.6 Å². The lowest BCUT2D eigenvalue weighted by molar-refractivity contribution is -0.132. The number of hydrogen-bond acceptors (Lipinski definition) is 1. The minimum atomic E-state index is -0.689. The maximum Gasteiger partial charge on any atom is 0.331 e. The Hall–Kier alpha value is -0.790. The first-order valence-electron chi connectivity index (χ1n) is 7.61. The van der Waals surface area contributed by atoms with E-state index in [-0.39, 0.29) is 0 Å².